The van der Waals surface area contributed by atoms with Crippen LogP contribution in [0.3, 0.4) is 0 Å². The van der Waals surface area contributed by atoms with Crippen LogP contribution in [0.2, 0.25) is 5.02 Å². The first-order valence-electron chi connectivity index (χ1n) is 5.51. The van der Waals surface area contributed by atoms with Gasteiger partial charge in [0.05, 0.1) is 7.11 Å². The highest BCUT2D eigenvalue weighted by atomic mass is 35.5. The zero-order valence-corrected chi connectivity index (χ0v) is 10.7. The molecular formula is C14H13ClNO2+. The molecule has 0 radical (unpaired) electrons. The fourth-order valence-electron chi connectivity index (χ4n) is 1.66. The summed E-state index contributed by atoms with van der Waals surface area (Å²) in [6.45, 7) is 0.683. The van der Waals surface area contributed by atoms with Crippen molar-refractivity contribution in [3.63, 3.8) is 0 Å². The minimum atomic E-state index is -0.333. The SMILES string of the molecule is COC(=O)c1ccc[n+](Cc2ccc(Cl)cc2)c1. The number of aromatic nitrogens is 1. The highest BCUT2D eigenvalue weighted by Gasteiger charge is 2.10. The van der Waals surface area contributed by atoms with Crippen molar-refractivity contribution < 1.29 is 14.1 Å². The zero-order chi connectivity index (χ0) is 13.0. The van der Waals surface area contributed by atoms with Gasteiger partial charge in [0.2, 0.25) is 0 Å². The molecule has 4 heteroatoms. The minimum absolute atomic E-state index is 0.333. The zero-order valence-electron chi connectivity index (χ0n) is 9.97. The Morgan fingerprint density at radius 1 is 1.28 bits per heavy atom. The molecule has 0 aliphatic heterocycles. The number of carbonyl (C=O) groups excluding carboxylic acids is 1. The molecule has 0 unspecified atom stereocenters. The van der Waals surface area contributed by atoms with Gasteiger partial charge in [-0.2, -0.15) is 4.57 Å². The van der Waals surface area contributed by atoms with E-state index in [0.29, 0.717) is 17.1 Å². The maximum Gasteiger partial charge on any atom is 0.343 e. The number of hydrogen-bond acceptors (Lipinski definition) is 2. The van der Waals surface area contributed by atoms with E-state index in [4.69, 9.17) is 11.6 Å². The summed E-state index contributed by atoms with van der Waals surface area (Å²) in [4.78, 5) is 11.4. The molecule has 0 aliphatic rings. The number of pyridine rings is 1. The fourth-order valence-corrected chi connectivity index (χ4v) is 1.79. The van der Waals surface area contributed by atoms with Gasteiger partial charge in [0.25, 0.3) is 0 Å². The molecule has 3 nitrogen and oxygen atoms in total. The third-order valence-electron chi connectivity index (χ3n) is 2.56. The molecule has 0 fully saturated rings. The molecule has 2 aromatic rings. The lowest BCUT2D eigenvalue weighted by molar-refractivity contribution is -0.688. The standard InChI is InChI=1S/C14H13ClNO2/c1-18-14(17)12-3-2-8-16(10-12)9-11-4-6-13(15)7-5-11/h2-8,10H,9H2,1H3/q+1. The molecule has 0 amide bonds. The van der Waals surface area contributed by atoms with Gasteiger partial charge >= 0.3 is 5.97 Å². The van der Waals surface area contributed by atoms with Crippen LogP contribution in [-0.4, -0.2) is 13.1 Å². The van der Waals surface area contributed by atoms with Gasteiger partial charge < -0.3 is 4.74 Å². The molecule has 0 saturated carbocycles. The van der Waals surface area contributed by atoms with Gasteiger partial charge in [-0.25, -0.2) is 4.79 Å². The van der Waals surface area contributed by atoms with Gasteiger partial charge in [0.1, 0.15) is 5.56 Å². The summed E-state index contributed by atoms with van der Waals surface area (Å²) in [7, 11) is 1.37. The predicted molar refractivity (Wildman–Crippen MR) is 68.5 cm³/mol. The van der Waals surface area contributed by atoms with Crippen LogP contribution < -0.4 is 4.57 Å². The second kappa shape index (κ2) is 5.65. The third kappa shape index (κ3) is 3.08. The largest absolute Gasteiger partial charge is 0.465 e. The molecule has 1 heterocycles. The summed E-state index contributed by atoms with van der Waals surface area (Å²) in [5.41, 5.74) is 1.65. The van der Waals surface area contributed by atoms with Crippen molar-refractivity contribution >= 4 is 17.6 Å². The van der Waals surface area contributed by atoms with Crippen molar-refractivity contribution in [3.8, 4) is 0 Å². The van der Waals surface area contributed by atoms with Gasteiger partial charge in [-0.1, -0.05) is 23.7 Å². The molecule has 1 aromatic carbocycles. The Labute approximate surface area is 111 Å². The van der Waals surface area contributed by atoms with Gasteiger partial charge in [0, 0.05) is 16.7 Å². The molecule has 92 valence electrons. The minimum Gasteiger partial charge on any atom is -0.465 e. The number of halogens is 1. The smallest absolute Gasteiger partial charge is 0.343 e. The van der Waals surface area contributed by atoms with Crippen LogP contribution in [-0.2, 0) is 11.3 Å². The summed E-state index contributed by atoms with van der Waals surface area (Å²) in [5.74, 6) is -0.333. The first-order valence-corrected chi connectivity index (χ1v) is 5.89. The van der Waals surface area contributed by atoms with Crippen LogP contribution in [0.4, 0.5) is 0 Å². The number of rotatable bonds is 3. The summed E-state index contributed by atoms with van der Waals surface area (Å²) in [6, 6.07) is 11.2. The molecule has 18 heavy (non-hydrogen) atoms. The van der Waals surface area contributed by atoms with Crippen molar-refractivity contribution in [2.45, 2.75) is 6.54 Å². The van der Waals surface area contributed by atoms with E-state index in [-0.39, 0.29) is 5.97 Å². The van der Waals surface area contributed by atoms with E-state index in [9.17, 15) is 4.79 Å². The van der Waals surface area contributed by atoms with Crippen LogP contribution in [0.1, 0.15) is 15.9 Å². The van der Waals surface area contributed by atoms with Crippen LogP contribution in [0.5, 0.6) is 0 Å². The van der Waals surface area contributed by atoms with E-state index in [0.717, 1.165) is 5.56 Å². The van der Waals surface area contributed by atoms with E-state index in [2.05, 4.69) is 4.74 Å². The number of nitrogens with zero attached hydrogens (tertiary/aromatic N) is 1. The third-order valence-corrected chi connectivity index (χ3v) is 2.81. The quantitative estimate of drug-likeness (QED) is 0.628. The van der Waals surface area contributed by atoms with Gasteiger partial charge in [0.15, 0.2) is 18.9 Å². The molecule has 0 N–H and O–H groups in total. The van der Waals surface area contributed by atoms with E-state index in [1.807, 2.05) is 41.1 Å². The van der Waals surface area contributed by atoms with Crippen LogP contribution in [0.15, 0.2) is 48.8 Å². The number of esters is 1. The van der Waals surface area contributed by atoms with Gasteiger partial charge in [-0.3, -0.25) is 0 Å². The second-order valence-corrected chi connectivity index (χ2v) is 4.32. The summed E-state index contributed by atoms with van der Waals surface area (Å²) >= 11 is 5.83. The second-order valence-electron chi connectivity index (χ2n) is 3.88. The Hall–Kier alpha value is -1.87. The van der Waals surface area contributed by atoms with Gasteiger partial charge in [-0.05, 0) is 18.2 Å². The van der Waals surface area contributed by atoms with Crippen molar-refractivity contribution in [3.05, 3.63) is 64.9 Å². The van der Waals surface area contributed by atoms with Crippen molar-refractivity contribution in [2.75, 3.05) is 7.11 Å². The first-order chi connectivity index (χ1) is 8.69. The molecule has 0 spiro atoms. The number of ether oxygens (including phenoxy) is 1. The Morgan fingerprint density at radius 2 is 2.00 bits per heavy atom. The Balaban J connectivity index is 2.19. The molecule has 0 aliphatic carbocycles. The van der Waals surface area contributed by atoms with Crippen molar-refractivity contribution in [1.29, 1.82) is 0 Å². The normalized spacial score (nSPS) is 10.1. The summed E-state index contributed by atoms with van der Waals surface area (Å²) in [6.07, 6.45) is 3.67. The van der Waals surface area contributed by atoms with E-state index >= 15 is 0 Å². The molecular weight excluding hydrogens is 250 g/mol. The molecule has 2 rings (SSSR count). The van der Waals surface area contributed by atoms with Crippen LogP contribution in [0.25, 0.3) is 0 Å². The Bertz CT molecular complexity index is 552. The predicted octanol–water partition coefficient (Wildman–Crippen LogP) is 2.46. The lowest BCUT2D eigenvalue weighted by Gasteiger charge is -2.00. The highest BCUT2D eigenvalue weighted by molar-refractivity contribution is 6.30. The molecule has 0 atom stereocenters. The maximum absolute atomic E-state index is 11.4. The average molecular weight is 263 g/mol. The van der Waals surface area contributed by atoms with Crippen molar-refractivity contribution in [1.82, 2.24) is 0 Å². The van der Waals surface area contributed by atoms with Crippen LogP contribution in [0, 0.1) is 0 Å². The fraction of sp³-hybridized carbons (Fsp3) is 0.143. The van der Waals surface area contributed by atoms with E-state index in [1.165, 1.54) is 7.11 Å². The van der Waals surface area contributed by atoms with Gasteiger partial charge in [-0.15, -0.1) is 0 Å². The average Bonchev–Trinajstić information content (AvgIpc) is 2.41. The van der Waals surface area contributed by atoms with Crippen molar-refractivity contribution in [2.24, 2.45) is 0 Å². The lowest BCUT2D eigenvalue weighted by Crippen LogP contribution is -2.34. The Morgan fingerprint density at radius 3 is 2.67 bits per heavy atom. The van der Waals surface area contributed by atoms with E-state index in [1.54, 1.807) is 12.3 Å². The highest BCUT2D eigenvalue weighted by Crippen LogP contribution is 2.09. The number of benzene rings is 1. The monoisotopic (exact) mass is 262 g/mol. The Kier molecular flexibility index (Phi) is 3.95. The number of methoxy groups -OCH3 is 1. The number of hydrogen-bond donors (Lipinski definition) is 0. The summed E-state index contributed by atoms with van der Waals surface area (Å²) in [5, 5.41) is 0.715. The van der Waals surface area contributed by atoms with Crippen LogP contribution >= 0.6 is 11.6 Å². The molecule has 0 saturated heterocycles. The molecule has 1 aromatic heterocycles. The number of carbonyl (C=O) groups is 1. The maximum atomic E-state index is 11.4. The summed E-state index contributed by atoms with van der Waals surface area (Å²) < 4.78 is 6.61. The first kappa shape index (κ1) is 12.6. The van der Waals surface area contributed by atoms with E-state index < -0.39 is 0 Å². The lowest BCUT2D eigenvalue weighted by atomic mass is 10.2. The topological polar surface area (TPSA) is 30.2 Å². The molecule has 0 bridgehead atoms.